The topological polar surface area (TPSA) is 79.5 Å². The van der Waals surface area contributed by atoms with Crippen molar-refractivity contribution in [2.24, 2.45) is 10.7 Å². The molecule has 5 nitrogen and oxygen atoms in total. The number of nitrogens with two attached hydrogens (primary N) is 1. The molecule has 2 rings (SSSR count). The molecule has 1 unspecified atom stereocenters. The summed E-state index contributed by atoms with van der Waals surface area (Å²) in [5.41, 5.74) is 6.82. The van der Waals surface area contributed by atoms with Gasteiger partial charge in [-0.2, -0.15) is 11.8 Å². The minimum atomic E-state index is -0.407. The number of carbonyl (C=O) groups excluding carboxylic acids is 1. The van der Waals surface area contributed by atoms with Gasteiger partial charge in [-0.15, -0.1) is 0 Å². The lowest BCUT2D eigenvalue weighted by atomic mass is 10.1. The van der Waals surface area contributed by atoms with Crippen LogP contribution < -0.4 is 16.4 Å². The van der Waals surface area contributed by atoms with Crippen LogP contribution in [0.25, 0.3) is 0 Å². The number of amides is 1. The Hall–Kier alpha value is -1.69. The van der Waals surface area contributed by atoms with Crippen LogP contribution in [-0.4, -0.2) is 36.0 Å². The highest BCUT2D eigenvalue weighted by atomic mass is 32.2. The van der Waals surface area contributed by atoms with Gasteiger partial charge in [0.05, 0.1) is 0 Å². The van der Waals surface area contributed by atoms with E-state index in [0.717, 1.165) is 18.1 Å². The van der Waals surface area contributed by atoms with Crippen LogP contribution in [0, 0.1) is 0 Å². The molecule has 0 aliphatic carbocycles. The van der Waals surface area contributed by atoms with E-state index in [0.29, 0.717) is 16.9 Å². The Bertz CT molecular complexity index is 553. The quantitative estimate of drug-likeness (QED) is 0.570. The normalized spacial score (nSPS) is 21.6. The number of nitrogens with one attached hydrogen (secondary N) is 2. The standard InChI is InChI=1S/C16H24N4OS/c1-16(7-4-8-22-16)11-20-15(18-2)19-10-12-5-3-6-13(9-12)14(17)21/h3,5-6,9H,4,7-8,10-11H2,1-2H3,(H2,17,21)(H2,18,19,20). The highest BCUT2D eigenvalue weighted by molar-refractivity contribution is 8.00. The number of carbonyl (C=O) groups is 1. The van der Waals surface area contributed by atoms with Gasteiger partial charge in [-0.05, 0) is 43.2 Å². The number of primary amides is 1. The van der Waals surface area contributed by atoms with Gasteiger partial charge in [-0.1, -0.05) is 12.1 Å². The number of aliphatic imine (C=N–C) groups is 1. The van der Waals surface area contributed by atoms with Crippen molar-refractivity contribution in [3.8, 4) is 0 Å². The first-order valence-corrected chi connectivity index (χ1v) is 8.48. The number of thioether (sulfide) groups is 1. The third-order valence-corrected chi connectivity index (χ3v) is 5.36. The fraction of sp³-hybridized carbons (Fsp3) is 0.500. The summed E-state index contributed by atoms with van der Waals surface area (Å²) in [6.45, 7) is 3.80. The maximum atomic E-state index is 11.2. The van der Waals surface area contributed by atoms with Crippen molar-refractivity contribution in [2.45, 2.75) is 31.1 Å². The fourth-order valence-corrected chi connectivity index (χ4v) is 3.73. The molecule has 6 heteroatoms. The van der Waals surface area contributed by atoms with Gasteiger partial charge >= 0.3 is 0 Å². The second kappa shape index (κ2) is 7.54. The Balaban J connectivity index is 1.86. The van der Waals surface area contributed by atoms with Gasteiger partial charge < -0.3 is 16.4 Å². The number of guanidine groups is 1. The zero-order valence-electron chi connectivity index (χ0n) is 13.2. The molecule has 1 saturated heterocycles. The molecule has 0 spiro atoms. The number of hydrogen-bond donors (Lipinski definition) is 3. The smallest absolute Gasteiger partial charge is 0.248 e. The monoisotopic (exact) mass is 320 g/mol. The van der Waals surface area contributed by atoms with E-state index in [1.165, 1.54) is 18.6 Å². The highest BCUT2D eigenvalue weighted by Gasteiger charge is 2.29. The predicted molar refractivity (Wildman–Crippen MR) is 93.3 cm³/mol. The van der Waals surface area contributed by atoms with Crippen molar-refractivity contribution < 1.29 is 4.79 Å². The van der Waals surface area contributed by atoms with Gasteiger partial charge in [-0.25, -0.2) is 0 Å². The van der Waals surface area contributed by atoms with E-state index in [4.69, 9.17) is 5.73 Å². The summed E-state index contributed by atoms with van der Waals surface area (Å²) in [5.74, 6) is 1.61. The summed E-state index contributed by atoms with van der Waals surface area (Å²) in [6, 6.07) is 7.32. The predicted octanol–water partition coefficient (Wildman–Crippen LogP) is 1.74. The van der Waals surface area contributed by atoms with Crippen LogP contribution in [0.4, 0.5) is 0 Å². The van der Waals surface area contributed by atoms with Crippen molar-refractivity contribution in [3.05, 3.63) is 35.4 Å². The lowest BCUT2D eigenvalue weighted by Gasteiger charge is -2.24. The molecule has 0 saturated carbocycles. The fourth-order valence-electron chi connectivity index (χ4n) is 2.49. The third-order valence-electron chi connectivity index (χ3n) is 3.83. The molecule has 1 atom stereocenters. The molecular weight excluding hydrogens is 296 g/mol. The van der Waals surface area contributed by atoms with Crippen LogP contribution in [0.15, 0.2) is 29.3 Å². The van der Waals surface area contributed by atoms with E-state index in [1.807, 2.05) is 23.9 Å². The molecule has 1 amide bonds. The number of rotatable bonds is 5. The van der Waals surface area contributed by atoms with Crippen LogP contribution in [0.3, 0.4) is 0 Å². The molecule has 1 aromatic carbocycles. The van der Waals surface area contributed by atoms with E-state index >= 15 is 0 Å². The second-order valence-electron chi connectivity index (χ2n) is 5.75. The van der Waals surface area contributed by atoms with Gasteiger partial charge in [0.15, 0.2) is 5.96 Å². The Labute approximate surface area is 136 Å². The summed E-state index contributed by atoms with van der Waals surface area (Å²) in [4.78, 5) is 15.4. The van der Waals surface area contributed by atoms with E-state index in [9.17, 15) is 4.79 Å². The molecule has 1 aliphatic rings. The Kier molecular flexibility index (Phi) is 5.71. The number of nitrogens with zero attached hydrogens (tertiary/aromatic N) is 1. The lowest BCUT2D eigenvalue weighted by Crippen LogP contribution is -2.43. The molecule has 0 aromatic heterocycles. The Morgan fingerprint density at radius 1 is 1.45 bits per heavy atom. The molecule has 4 N–H and O–H groups in total. The SMILES string of the molecule is CN=C(NCc1cccc(C(N)=O)c1)NCC1(C)CCCS1. The molecule has 1 aromatic rings. The minimum Gasteiger partial charge on any atom is -0.366 e. The zero-order valence-corrected chi connectivity index (χ0v) is 14.0. The molecule has 0 radical (unpaired) electrons. The minimum absolute atomic E-state index is 0.295. The van der Waals surface area contributed by atoms with Crippen LogP contribution in [0.2, 0.25) is 0 Å². The van der Waals surface area contributed by atoms with Crippen LogP contribution in [0.5, 0.6) is 0 Å². The van der Waals surface area contributed by atoms with Gasteiger partial charge in [0.25, 0.3) is 0 Å². The van der Waals surface area contributed by atoms with Gasteiger partial charge in [0.1, 0.15) is 0 Å². The average Bonchev–Trinajstić information content (AvgIpc) is 2.95. The van der Waals surface area contributed by atoms with E-state index < -0.39 is 5.91 Å². The first-order valence-electron chi connectivity index (χ1n) is 7.50. The molecule has 22 heavy (non-hydrogen) atoms. The van der Waals surface area contributed by atoms with E-state index in [-0.39, 0.29) is 0 Å². The van der Waals surface area contributed by atoms with Gasteiger partial charge in [0, 0.05) is 30.4 Å². The Morgan fingerprint density at radius 2 is 2.27 bits per heavy atom. The van der Waals surface area contributed by atoms with Gasteiger partial charge in [0.2, 0.25) is 5.91 Å². The molecule has 1 heterocycles. The maximum absolute atomic E-state index is 11.2. The highest BCUT2D eigenvalue weighted by Crippen LogP contribution is 2.36. The van der Waals surface area contributed by atoms with Crippen LogP contribution in [-0.2, 0) is 6.54 Å². The molecule has 1 aliphatic heterocycles. The summed E-state index contributed by atoms with van der Waals surface area (Å²) in [5, 5.41) is 6.66. The van der Waals surface area contributed by atoms with Gasteiger partial charge in [-0.3, -0.25) is 9.79 Å². The summed E-state index contributed by atoms with van der Waals surface area (Å²) in [7, 11) is 1.76. The largest absolute Gasteiger partial charge is 0.366 e. The third kappa shape index (κ3) is 4.66. The molecule has 1 fully saturated rings. The molecule has 120 valence electrons. The first-order chi connectivity index (χ1) is 10.5. The van der Waals surface area contributed by atoms with E-state index in [2.05, 4.69) is 22.5 Å². The van der Waals surface area contributed by atoms with Crippen molar-refractivity contribution >= 4 is 23.6 Å². The maximum Gasteiger partial charge on any atom is 0.248 e. The average molecular weight is 320 g/mol. The summed E-state index contributed by atoms with van der Waals surface area (Å²) in [6.07, 6.45) is 2.52. The number of hydrogen-bond acceptors (Lipinski definition) is 3. The Morgan fingerprint density at radius 3 is 2.91 bits per heavy atom. The van der Waals surface area contributed by atoms with Crippen LogP contribution >= 0.6 is 11.8 Å². The van der Waals surface area contributed by atoms with Crippen molar-refractivity contribution in [3.63, 3.8) is 0 Å². The second-order valence-corrected chi connectivity index (χ2v) is 7.43. The van der Waals surface area contributed by atoms with Crippen molar-refractivity contribution in [1.82, 2.24) is 10.6 Å². The van der Waals surface area contributed by atoms with Crippen molar-refractivity contribution in [2.75, 3.05) is 19.3 Å². The summed E-state index contributed by atoms with van der Waals surface area (Å²) < 4.78 is 0.295. The number of benzene rings is 1. The van der Waals surface area contributed by atoms with Crippen LogP contribution in [0.1, 0.15) is 35.7 Å². The van der Waals surface area contributed by atoms with E-state index in [1.54, 1.807) is 19.2 Å². The summed E-state index contributed by atoms with van der Waals surface area (Å²) >= 11 is 2.02. The molecule has 0 bridgehead atoms. The van der Waals surface area contributed by atoms with Crippen molar-refractivity contribution in [1.29, 1.82) is 0 Å². The molecular formula is C16H24N4OS. The first kappa shape index (κ1) is 16.7. The zero-order chi connectivity index (χ0) is 16.0. The lowest BCUT2D eigenvalue weighted by molar-refractivity contribution is 0.1000.